The van der Waals surface area contributed by atoms with Gasteiger partial charge in [-0.15, -0.1) is 0 Å². The second-order valence-electron chi connectivity index (χ2n) is 3.93. The fraction of sp³-hybridized carbons (Fsp3) is 1.00. The molecule has 0 saturated carbocycles. The highest BCUT2D eigenvalue weighted by Gasteiger charge is 2.05. The van der Waals surface area contributed by atoms with Gasteiger partial charge in [-0.25, -0.2) is 4.18 Å². The van der Waals surface area contributed by atoms with Gasteiger partial charge in [-0.3, -0.25) is 4.55 Å². The fourth-order valence-corrected chi connectivity index (χ4v) is 1.23. The van der Waals surface area contributed by atoms with Crippen LogP contribution in [0.25, 0.3) is 0 Å². The molecule has 0 aliphatic heterocycles. The van der Waals surface area contributed by atoms with Crippen LogP contribution < -0.4 is 5.32 Å². The van der Waals surface area contributed by atoms with Gasteiger partial charge in [0.05, 0.1) is 18.3 Å². The molecule has 0 aromatic heterocycles. The summed E-state index contributed by atoms with van der Waals surface area (Å²) in [5.41, 5.74) is 0. The molecule has 0 amide bonds. The highest BCUT2D eigenvalue weighted by atomic mass is 32.3. The molecule has 0 aliphatic rings. The monoisotopic (exact) mass is 273 g/mol. The van der Waals surface area contributed by atoms with E-state index in [-0.39, 0.29) is 12.2 Å². The van der Waals surface area contributed by atoms with Crippen LogP contribution in [0, 0.1) is 0 Å². The summed E-state index contributed by atoms with van der Waals surface area (Å²) in [5.74, 6) is 0. The molecule has 106 valence electrons. The van der Waals surface area contributed by atoms with Gasteiger partial charge in [0.1, 0.15) is 0 Å². The summed E-state index contributed by atoms with van der Waals surface area (Å²) >= 11 is 0. The van der Waals surface area contributed by atoms with Crippen LogP contribution in [0.3, 0.4) is 0 Å². The zero-order valence-corrected chi connectivity index (χ0v) is 11.4. The molecule has 0 bridgehead atoms. The topological polar surface area (TPSA) is 116 Å². The lowest BCUT2D eigenvalue weighted by Crippen LogP contribution is -2.30. The van der Waals surface area contributed by atoms with Gasteiger partial charge in [0.2, 0.25) is 0 Å². The van der Waals surface area contributed by atoms with Crippen molar-refractivity contribution >= 4 is 10.4 Å². The van der Waals surface area contributed by atoms with Crippen LogP contribution in [0.15, 0.2) is 0 Å². The summed E-state index contributed by atoms with van der Waals surface area (Å²) in [7, 11) is -4.22. The van der Waals surface area contributed by atoms with Crippen molar-refractivity contribution in [3.63, 3.8) is 0 Å². The molecule has 2 atom stereocenters. The lowest BCUT2D eigenvalue weighted by molar-refractivity contribution is 0.164. The van der Waals surface area contributed by atoms with Gasteiger partial charge >= 0.3 is 10.4 Å². The molecular formula is C9H23NO6S. The maximum absolute atomic E-state index is 9.78. The van der Waals surface area contributed by atoms with Crippen LogP contribution in [0.1, 0.15) is 27.7 Å². The largest absolute Gasteiger partial charge is 0.397 e. The van der Waals surface area contributed by atoms with E-state index in [0.717, 1.165) is 0 Å². The van der Waals surface area contributed by atoms with E-state index in [1.165, 1.54) is 13.8 Å². The third-order valence-electron chi connectivity index (χ3n) is 1.19. The van der Waals surface area contributed by atoms with E-state index in [0.29, 0.717) is 13.1 Å². The molecule has 7 nitrogen and oxygen atoms in total. The zero-order chi connectivity index (χ0) is 14.1. The van der Waals surface area contributed by atoms with Crippen molar-refractivity contribution in [1.82, 2.24) is 5.32 Å². The second kappa shape index (κ2) is 9.75. The molecule has 8 heteroatoms. The minimum atomic E-state index is -4.22. The first kappa shape index (κ1) is 19.1. The van der Waals surface area contributed by atoms with Crippen LogP contribution >= 0.6 is 0 Å². The normalized spacial score (nSPS) is 15.1. The number of hydrogen-bond donors (Lipinski definition) is 4. The standard InChI is InChI=1S/C6H15NO2.C3H8O4S/c1-5(8)3-7-4-6(2)9;1-3(2)7-8(4,5)6/h5-9H,3-4H2,1-2H3;3H,1-2H3,(H,4,5,6). The molecule has 0 heterocycles. The summed E-state index contributed by atoms with van der Waals surface area (Å²) in [6.45, 7) is 7.52. The minimum absolute atomic E-state index is 0.330. The van der Waals surface area contributed by atoms with Crippen molar-refractivity contribution in [2.45, 2.75) is 46.0 Å². The highest BCUT2D eigenvalue weighted by Crippen LogP contribution is 1.92. The van der Waals surface area contributed by atoms with Gasteiger partial charge in [-0.1, -0.05) is 0 Å². The van der Waals surface area contributed by atoms with E-state index >= 15 is 0 Å². The van der Waals surface area contributed by atoms with E-state index in [4.69, 9.17) is 14.8 Å². The Morgan fingerprint density at radius 3 is 1.53 bits per heavy atom. The number of rotatable bonds is 6. The maximum Gasteiger partial charge on any atom is 0.397 e. The third kappa shape index (κ3) is 25.8. The Balaban J connectivity index is 0. The predicted molar refractivity (Wildman–Crippen MR) is 64.0 cm³/mol. The fourth-order valence-electron chi connectivity index (χ4n) is 0.744. The van der Waals surface area contributed by atoms with E-state index < -0.39 is 16.5 Å². The molecule has 0 aromatic carbocycles. The molecule has 0 rings (SSSR count). The van der Waals surface area contributed by atoms with Gasteiger partial charge < -0.3 is 15.5 Å². The molecule has 0 saturated heterocycles. The Morgan fingerprint density at radius 2 is 1.41 bits per heavy atom. The lowest BCUT2D eigenvalue weighted by atomic mass is 10.3. The maximum atomic E-state index is 9.78. The van der Waals surface area contributed by atoms with Gasteiger partial charge in [0.25, 0.3) is 0 Å². The average Bonchev–Trinajstić information content (AvgIpc) is 1.97. The average molecular weight is 273 g/mol. The first-order valence-electron chi connectivity index (χ1n) is 5.27. The highest BCUT2D eigenvalue weighted by molar-refractivity contribution is 7.80. The molecule has 17 heavy (non-hydrogen) atoms. The second-order valence-corrected chi connectivity index (χ2v) is 4.98. The predicted octanol–water partition coefficient (Wildman–Crippen LogP) is -0.448. The van der Waals surface area contributed by atoms with Crippen LogP contribution in [0.5, 0.6) is 0 Å². The SMILES string of the molecule is CC(C)OS(=O)(=O)O.CC(O)CNCC(C)O. The lowest BCUT2D eigenvalue weighted by Gasteiger charge is -2.07. The third-order valence-corrected chi connectivity index (χ3v) is 1.82. The van der Waals surface area contributed by atoms with Crippen LogP contribution in [0.2, 0.25) is 0 Å². The number of nitrogens with one attached hydrogen (secondary N) is 1. The summed E-state index contributed by atoms with van der Waals surface area (Å²) < 4.78 is 31.5. The van der Waals surface area contributed by atoms with E-state index in [2.05, 4.69) is 9.50 Å². The Labute approximate surface area is 103 Å². The van der Waals surface area contributed by atoms with Gasteiger partial charge in [-0.05, 0) is 27.7 Å². The van der Waals surface area contributed by atoms with Crippen molar-refractivity contribution in [3.8, 4) is 0 Å². The zero-order valence-electron chi connectivity index (χ0n) is 10.6. The summed E-state index contributed by atoms with van der Waals surface area (Å²) in [6.07, 6.45) is -1.16. The summed E-state index contributed by atoms with van der Waals surface area (Å²) in [6, 6.07) is 0. The minimum Gasteiger partial charge on any atom is -0.392 e. The Hall–Kier alpha value is -0.250. The Morgan fingerprint density at radius 1 is 1.06 bits per heavy atom. The number of aliphatic hydroxyl groups excluding tert-OH is 2. The van der Waals surface area contributed by atoms with Crippen molar-refractivity contribution in [2.75, 3.05) is 13.1 Å². The first-order valence-corrected chi connectivity index (χ1v) is 6.63. The summed E-state index contributed by atoms with van der Waals surface area (Å²) in [4.78, 5) is 0. The van der Waals surface area contributed by atoms with Crippen LogP contribution in [0.4, 0.5) is 0 Å². The molecular weight excluding hydrogens is 250 g/mol. The quantitative estimate of drug-likeness (QED) is 0.484. The van der Waals surface area contributed by atoms with E-state index in [1.807, 2.05) is 0 Å². The Kier molecular flexibility index (Phi) is 10.9. The molecule has 0 spiro atoms. The van der Waals surface area contributed by atoms with Crippen molar-refractivity contribution in [2.24, 2.45) is 0 Å². The van der Waals surface area contributed by atoms with Crippen molar-refractivity contribution in [3.05, 3.63) is 0 Å². The van der Waals surface area contributed by atoms with Crippen molar-refractivity contribution < 1.29 is 27.4 Å². The molecule has 0 fully saturated rings. The molecule has 0 aliphatic carbocycles. The molecule has 2 unspecified atom stereocenters. The van der Waals surface area contributed by atoms with Gasteiger partial charge in [0, 0.05) is 13.1 Å². The van der Waals surface area contributed by atoms with Gasteiger partial charge in [0.15, 0.2) is 0 Å². The van der Waals surface area contributed by atoms with E-state index in [9.17, 15) is 8.42 Å². The number of hydrogen-bond acceptors (Lipinski definition) is 6. The molecule has 4 N–H and O–H groups in total. The molecule has 0 aromatic rings. The smallest absolute Gasteiger partial charge is 0.392 e. The number of aliphatic hydroxyl groups is 2. The summed E-state index contributed by atoms with van der Waals surface area (Å²) in [5, 5.41) is 20.3. The van der Waals surface area contributed by atoms with Crippen LogP contribution in [-0.4, -0.2) is 54.6 Å². The van der Waals surface area contributed by atoms with Gasteiger partial charge in [-0.2, -0.15) is 8.42 Å². The molecule has 0 radical (unpaired) electrons. The first-order chi connectivity index (χ1) is 7.54. The Bertz CT molecular complexity index is 255. The van der Waals surface area contributed by atoms with E-state index in [1.54, 1.807) is 13.8 Å². The van der Waals surface area contributed by atoms with Crippen molar-refractivity contribution in [1.29, 1.82) is 0 Å². The van der Waals surface area contributed by atoms with Crippen LogP contribution in [-0.2, 0) is 14.6 Å².